The van der Waals surface area contributed by atoms with E-state index in [-0.39, 0.29) is 11.7 Å². The summed E-state index contributed by atoms with van der Waals surface area (Å²) in [6.45, 7) is -0.376. The second-order valence-electron chi connectivity index (χ2n) is 3.58. The van der Waals surface area contributed by atoms with Gasteiger partial charge in [0.25, 0.3) is 0 Å². The van der Waals surface area contributed by atoms with Gasteiger partial charge in [0.2, 0.25) is 9.84 Å². The van der Waals surface area contributed by atoms with Crippen LogP contribution in [0.5, 0.6) is 5.75 Å². The summed E-state index contributed by atoms with van der Waals surface area (Å²) in [5, 5.41) is 9.26. The third kappa shape index (κ3) is 2.94. The Labute approximate surface area is 113 Å². The van der Waals surface area contributed by atoms with Crippen molar-refractivity contribution in [1.29, 1.82) is 0 Å². The molecule has 19 heavy (non-hydrogen) atoms. The van der Waals surface area contributed by atoms with E-state index < -0.39 is 21.5 Å². The normalized spacial score (nSPS) is 16.7. The molecule has 1 aromatic carbocycles. The number of sulfone groups is 1. The third-order valence-electron chi connectivity index (χ3n) is 2.25. The molecule has 0 aromatic heterocycles. The van der Waals surface area contributed by atoms with E-state index in [9.17, 15) is 13.2 Å². The number of halogens is 1. The van der Waals surface area contributed by atoms with Crippen molar-refractivity contribution < 1.29 is 23.1 Å². The maximum absolute atomic E-state index is 11.6. The predicted molar refractivity (Wildman–Crippen MR) is 69.0 cm³/mol. The number of aliphatic imine (C=N–C) groups is 1. The van der Waals surface area contributed by atoms with E-state index in [0.717, 1.165) is 0 Å². The van der Waals surface area contributed by atoms with E-state index in [1.165, 1.54) is 0 Å². The van der Waals surface area contributed by atoms with Crippen molar-refractivity contribution in [2.75, 3.05) is 6.61 Å². The van der Waals surface area contributed by atoms with Crippen molar-refractivity contribution in [2.24, 2.45) is 4.99 Å². The maximum Gasteiger partial charge on any atom is 0.355 e. The fourth-order valence-corrected chi connectivity index (χ4v) is 2.58. The van der Waals surface area contributed by atoms with Gasteiger partial charge in [-0.25, -0.2) is 18.2 Å². The van der Waals surface area contributed by atoms with Crippen LogP contribution in [-0.2, 0) is 14.6 Å². The highest BCUT2D eigenvalue weighted by Gasteiger charge is 2.28. The number of hydrogen-bond acceptors (Lipinski definition) is 5. The number of aliphatic carboxylic acids is 1. The zero-order valence-electron chi connectivity index (χ0n) is 9.41. The molecular formula is C11H8ClNO5S. The first-order valence-electron chi connectivity index (χ1n) is 5.05. The molecule has 0 atom stereocenters. The monoisotopic (exact) mass is 301 g/mol. The molecule has 0 saturated heterocycles. The van der Waals surface area contributed by atoms with Crippen molar-refractivity contribution in [3.8, 4) is 5.75 Å². The minimum Gasteiger partial charge on any atom is -0.485 e. The minimum absolute atomic E-state index is 0.297. The van der Waals surface area contributed by atoms with Gasteiger partial charge in [0.1, 0.15) is 12.4 Å². The number of hydrogen-bond donors (Lipinski definition) is 1. The molecule has 6 nitrogen and oxygen atoms in total. The molecule has 0 aliphatic carbocycles. The van der Waals surface area contributed by atoms with Gasteiger partial charge in [-0.1, -0.05) is 23.7 Å². The second-order valence-corrected chi connectivity index (χ2v) is 5.78. The molecule has 1 N–H and O–H groups in total. The van der Waals surface area contributed by atoms with Gasteiger partial charge in [-0.15, -0.1) is 0 Å². The topological polar surface area (TPSA) is 93.0 Å². The zero-order chi connectivity index (χ0) is 14.0. The van der Waals surface area contributed by atoms with Gasteiger partial charge in [-0.2, -0.15) is 0 Å². The van der Waals surface area contributed by atoms with Crippen LogP contribution in [0.1, 0.15) is 0 Å². The van der Waals surface area contributed by atoms with Gasteiger partial charge in [-0.05, 0) is 12.1 Å². The zero-order valence-corrected chi connectivity index (χ0v) is 11.0. The number of carbonyl (C=O) groups is 1. The molecule has 0 bridgehead atoms. The third-order valence-corrected chi connectivity index (χ3v) is 3.96. The molecular weight excluding hydrogens is 294 g/mol. The van der Waals surface area contributed by atoms with Gasteiger partial charge in [0.05, 0.1) is 10.4 Å². The molecule has 0 spiro atoms. The summed E-state index contributed by atoms with van der Waals surface area (Å²) >= 11 is 5.84. The highest BCUT2D eigenvalue weighted by molar-refractivity contribution is 8.09. The van der Waals surface area contributed by atoms with E-state index in [2.05, 4.69) is 4.99 Å². The summed E-state index contributed by atoms with van der Waals surface area (Å²) in [6, 6.07) is 6.52. The number of rotatable bonds is 4. The Morgan fingerprint density at radius 3 is 2.63 bits per heavy atom. The number of ether oxygens (including phenoxy) is 1. The Kier molecular flexibility index (Phi) is 3.59. The van der Waals surface area contributed by atoms with Crippen molar-refractivity contribution >= 4 is 32.5 Å². The predicted octanol–water partition coefficient (Wildman–Crippen LogP) is 1.47. The molecule has 0 unspecified atom stereocenters. The van der Waals surface area contributed by atoms with Crippen LogP contribution < -0.4 is 4.74 Å². The molecule has 1 aliphatic heterocycles. The lowest BCUT2D eigenvalue weighted by Crippen LogP contribution is -2.18. The summed E-state index contributed by atoms with van der Waals surface area (Å²) in [7, 11) is -3.83. The number of nitrogens with zero attached hydrogens (tertiary/aromatic N) is 1. The fraction of sp³-hybridized carbons (Fsp3) is 0.0909. The Balaban J connectivity index is 2.16. The van der Waals surface area contributed by atoms with Crippen molar-refractivity contribution in [1.82, 2.24) is 0 Å². The van der Waals surface area contributed by atoms with E-state index in [4.69, 9.17) is 21.4 Å². The van der Waals surface area contributed by atoms with Crippen LogP contribution in [-0.4, -0.2) is 31.1 Å². The Hall–Kier alpha value is -1.86. The molecule has 0 fully saturated rings. The van der Waals surface area contributed by atoms with Crippen LogP contribution in [0.4, 0.5) is 0 Å². The van der Waals surface area contributed by atoms with Gasteiger partial charge in [0, 0.05) is 0 Å². The smallest absolute Gasteiger partial charge is 0.355 e. The van der Waals surface area contributed by atoms with Crippen LogP contribution in [0, 0.1) is 0 Å². The standard InChI is InChI=1S/C11H8ClNO5S/c12-7-3-1-2-4-9(7)18-5-10-13-8(11(14)15)6-19(10,16)17/h1-4,6H,5H2,(H,14,15). The Bertz CT molecular complexity index is 693. The molecule has 1 aliphatic rings. The van der Waals surface area contributed by atoms with Crippen LogP contribution >= 0.6 is 11.6 Å². The lowest BCUT2D eigenvalue weighted by Gasteiger charge is -2.06. The van der Waals surface area contributed by atoms with Gasteiger partial charge in [-0.3, -0.25) is 0 Å². The van der Waals surface area contributed by atoms with Crippen LogP contribution in [0.25, 0.3) is 0 Å². The summed E-state index contributed by atoms with van der Waals surface area (Å²) in [4.78, 5) is 14.2. The van der Waals surface area contributed by atoms with E-state index >= 15 is 0 Å². The minimum atomic E-state index is -3.83. The summed E-state index contributed by atoms with van der Waals surface area (Å²) in [6.07, 6.45) is 0. The number of carboxylic acids is 1. The number of para-hydroxylation sites is 1. The highest BCUT2D eigenvalue weighted by Crippen LogP contribution is 2.24. The highest BCUT2D eigenvalue weighted by atomic mass is 35.5. The summed E-state index contributed by atoms with van der Waals surface area (Å²) < 4.78 is 28.4. The van der Waals surface area contributed by atoms with Gasteiger partial charge < -0.3 is 9.84 Å². The Morgan fingerprint density at radius 1 is 1.37 bits per heavy atom. The van der Waals surface area contributed by atoms with E-state index in [1.54, 1.807) is 24.3 Å². The molecule has 8 heteroatoms. The molecule has 100 valence electrons. The molecule has 0 radical (unpaired) electrons. The average molecular weight is 302 g/mol. The van der Waals surface area contributed by atoms with Crippen LogP contribution in [0.15, 0.2) is 40.4 Å². The molecule has 1 heterocycles. The first-order chi connectivity index (χ1) is 8.90. The lowest BCUT2D eigenvalue weighted by atomic mass is 10.3. The summed E-state index contributed by atoms with van der Waals surface area (Å²) in [5.41, 5.74) is -0.530. The van der Waals surface area contributed by atoms with Crippen molar-refractivity contribution in [3.05, 3.63) is 40.4 Å². The first-order valence-corrected chi connectivity index (χ1v) is 6.97. The van der Waals surface area contributed by atoms with Crippen LogP contribution in [0.3, 0.4) is 0 Å². The largest absolute Gasteiger partial charge is 0.485 e. The molecule has 0 saturated carbocycles. The first kappa shape index (κ1) is 13.6. The van der Waals surface area contributed by atoms with Gasteiger partial charge in [0.15, 0.2) is 10.7 Å². The van der Waals surface area contributed by atoms with E-state index in [0.29, 0.717) is 16.2 Å². The maximum atomic E-state index is 11.6. The number of carboxylic acid groups (broad SMARTS) is 1. The molecule has 2 rings (SSSR count). The Morgan fingerprint density at radius 2 is 2.05 bits per heavy atom. The average Bonchev–Trinajstić information content (AvgIpc) is 2.64. The van der Waals surface area contributed by atoms with Gasteiger partial charge >= 0.3 is 5.97 Å². The van der Waals surface area contributed by atoms with E-state index in [1.807, 2.05) is 0 Å². The number of benzene rings is 1. The van der Waals surface area contributed by atoms with Crippen LogP contribution in [0.2, 0.25) is 5.02 Å². The SMILES string of the molecule is O=C(O)C1=CS(=O)(=O)C(COc2ccccc2Cl)=N1. The van der Waals surface area contributed by atoms with Crippen molar-refractivity contribution in [3.63, 3.8) is 0 Å². The summed E-state index contributed by atoms with van der Waals surface area (Å²) in [5.74, 6) is -1.11. The quantitative estimate of drug-likeness (QED) is 0.909. The lowest BCUT2D eigenvalue weighted by molar-refractivity contribution is -0.132. The molecule has 1 aromatic rings. The fourth-order valence-electron chi connectivity index (χ4n) is 1.35. The molecule has 0 amide bonds. The second kappa shape index (κ2) is 5.02. The van der Waals surface area contributed by atoms with Crippen molar-refractivity contribution in [2.45, 2.75) is 0 Å².